The first kappa shape index (κ1) is 12.4. The topological polar surface area (TPSA) is 80.1 Å². The minimum atomic E-state index is -0.662. The van der Waals surface area contributed by atoms with Gasteiger partial charge in [0.05, 0.1) is 11.6 Å². The zero-order valence-corrected chi connectivity index (χ0v) is 10.4. The number of halogens is 1. The lowest BCUT2D eigenvalue weighted by molar-refractivity contribution is -0.402. The van der Waals surface area contributed by atoms with Crippen LogP contribution in [-0.2, 0) is 0 Å². The van der Waals surface area contributed by atoms with Crippen molar-refractivity contribution in [1.29, 1.82) is 5.26 Å². The molecule has 0 aliphatic rings. The van der Waals surface area contributed by atoms with Crippen molar-refractivity contribution in [1.82, 2.24) is 0 Å². The fraction of sp³-hybridized carbons (Fsp3) is 0. The summed E-state index contributed by atoms with van der Waals surface area (Å²) in [6.45, 7) is 0. The van der Waals surface area contributed by atoms with Gasteiger partial charge in [-0.2, -0.15) is 5.26 Å². The molecule has 0 unspecified atom stereocenters. The maximum absolute atomic E-state index is 10.5. The van der Waals surface area contributed by atoms with Gasteiger partial charge >= 0.3 is 5.88 Å². The maximum Gasteiger partial charge on any atom is 0.433 e. The van der Waals surface area contributed by atoms with E-state index in [0.717, 1.165) is 0 Å². The highest BCUT2D eigenvalue weighted by molar-refractivity contribution is 7.11. The molecule has 0 radical (unpaired) electrons. The van der Waals surface area contributed by atoms with E-state index in [2.05, 4.69) is 0 Å². The molecule has 0 amide bonds. The van der Waals surface area contributed by atoms with Crippen LogP contribution >= 0.6 is 22.9 Å². The first-order valence-corrected chi connectivity index (χ1v) is 5.97. The van der Waals surface area contributed by atoms with Gasteiger partial charge in [0.15, 0.2) is 5.76 Å². The van der Waals surface area contributed by atoms with Crippen LogP contribution in [-0.4, -0.2) is 4.92 Å². The molecule has 2 rings (SSSR count). The number of nitro groups is 1. The summed E-state index contributed by atoms with van der Waals surface area (Å²) < 4.78 is 4.95. The van der Waals surface area contributed by atoms with Gasteiger partial charge in [-0.05, 0) is 17.5 Å². The molecule has 0 saturated heterocycles. The highest BCUT2D eigenvalue weighted by Gasteiger charge is 2.17. The minimum absolute atomic E-state index is 0.0630. The van der Waals surface area contributed by atoms with E-state index in [1.807, 2.05) is 6.07 Å². The van der Waals surface area contributed by atoms with E-state index >= 15 is 0 Å². The van der Waals surface area contributed by atoms with E-state index in [9.17, 15) is 10.1 Å². The summed E-state index contributed by atoms with van der Waals surface area (Å²) in [4.78, 5) is 10.5. The van der Waals surface area contributed by atoms with Gasteiger partial charge in [0, 0.05) is 4.88 Å². The Morgan fingerprint density at radius 1 is 1.50 bits per heavy atom. The molecule has 0 aromatic carbocycles. The molecular formula is C11H5ClN2O3S. The van der Waals surface area contributed by atoms with E-state index in [1.54, 1.807) is 17.5 Å². The summed E-state index contributed by atoms with van der Waals surface area (Å²) >= 11 is 7.38. The molecule has 0 atom stereocenters. The molecule has 7 heteroatoms. The number of hydrogen-bond acceptors (Lipinski definition) is 5. The average Bonchev–Trinajstić information content (AvgIpc) is 3.01. The van der Waals surface area contributed by atoms with Crippen molar-refractivity contribution in [2.45, 2.75) is 0 Å². The van der Waals surface area contributed by atoms with Crippen molar-refractivity contribution in [2.75, 3.05) is 0 Å². The zero-order chi connectivity index (χ0) is 13.1. The van der Waals surface area contributed by atoms with Crippen LogP contribution in [0.1, 0.15) is 10.6 Å². The van der Waals surface area contributed by atoms with Crippen LogP contribution in [0.4, 0.5) is 5.88 Å². The van der Waals surface area contributed by atoms with E-state index < -0.39 is 10.8 Å². The molecule has 2 heterocycles. The maximum atomic E-state index is 10.5. The van der Waals surface area contributed by atoms with Gasteiger partial charge in [-0.3, -0.25) is 10.1 Å². The summed E-state index contributed by atoms with van der Waals surface area (Å²) in [5.74, 6) is -0.306. The third-order valence-electron chi connectivity index (χ3n) is 2.09. The van der Waals surface area contributed by atoms with Crippen molar-refractivity contribution in [3.05, 3.63) is 50.4 Å². The molecule has 0 aliphatic carbocycles. The van der Waals surface area contributed by atoms with Crippen molar-refractivity contribution in [3.8, 4) is 6.07 Å². The molecule has 18 heavy (non-hydrogen) atoms. The Hall–Kier alpha value is -2.10. The van der Waals surface area contributed by atoms with Crippen molar-refractivity contribution >= 4 is 39.4 Å². The lowest BCUT2D eigenvalue weighted by Crippen LogP contribution is -1.83. The van der Waals surface area contributed by atoms with Crippen molar-refractivity contribution in [2.24, 2.45) is 0 Å². The smallest absolute Gasteiger partial charge is 0.400 e. The lowest BCUT2D eigenvalue weighted by atomic mass is 10.2. The standard InChI is InChI=1S/C11H5ClN2O3S/c12-11(7(6-13)9-2-1-5-18-9)8-3-4-10(17-8)14(15)16/h1-5H. The summed E-state index contributed by atoms with van der Waals surface area (Å²) in [5, 5.41) is 21.4. The summed E-state index contributed by atoms with van der Waals surface area (Å²) in [5.41, 5.74) is 0.232. The Labute approximate surface area is 111 Å². The van der Waals surface area contributed by atoms with Gasteiger partial charge < -0.3 is 4.42 Å². The van der Waals surface area contributed by atoms with Crippen LogP contribution in [0, 0.1) is 21.4 Å². The number of allylic oxidation sites excluding steroid dienone is 1. The van der Waals surface area contributed by atoms with Gasteiger partial charge in [-0.1, -0.05) is 17.7 Å². The third-order valence-corrected chi connectivity index (χ3v) is 3.35. The molecule has 0 spiro atoms. The fourth-order valence-electron chi connectivity index (χ4n) is 1.30. The fourth-order valence-corrected chi connectivity index (χ4v) is 2.33. The van der Waals surface area contributed by atoms with Gasteiger partial charge in [0.2, 0.25) is 0 Å². The molecule has 0 N–H and O–H groups in total. The lowest BCUT2D eigenvalue weighted by Gasteiger charge is -1.97. The van der Waals surface area contributed by atoms with Crippen LogP contribution in [0.2, 0.25) is 0 Å². The molecule has 2 aromatic rings. The normalized spacial score (nSPS) is 11.8. The Kier molecular flexibility index (Phi) is 3.46. The van der Waals surface area contributed by atoms with E-state index in [-0.39, 0.29) is 16.4 Å². The Morgan fingerprint density at radius 2 is 2.28 bits per heavy atom. The van der Waals surface area contributed by atoms with Crippen LogP contribution in [0.3, 0.4) is 0 Å². The molecule has 0 fully saturated rings. The van der Waals surface area contributed by atoms with E-state index in [0.29, 0.717) is 4.88 Å². The monoisotopic (exact) mass is 280 g/mol. The van der Waals surface area contributed by atoms with Gasteiger partial charge in [-0.15, -0.1) is 11.3 Å². The number of rotatable bonds is 3. The van der Waals surface area contributed by atoms with Gasteiger partial charge in [-0.25, -0.2) is 0 Å². The SMILES string of the molecule is N#CC(=C(Cl)c1ccc([N+](=O)[O-])o1)c1cccs1. The van der Waals surface area contributed by atoms with E-state index in [1.165, 1.54) is 23.5 Å². The number of nitrogens with zero attached hydrogens (tertiary/aromatic N) is 2. The van der Waals surface area contributed by atoms with Crippen LogP contribution in [0.5, 0.6) is 0 Å². The Morgan fingerprint density at radius 3 is 2.78 bits per heavy atom. The number of hydrogen-bond donors (Lipinski definition) is 0. The summed E-state index contributed by atoms with van der Waals surface area (Å²) in [7, 11) is 0. The number of nitriles is 1. The second-order valence-electron chi connectivity index (χ2n) is 3.17. The van der Waals surface area contributed by atoms with Gasteiger partial charge in [0.1, 0.15) is 16.0 Å². The molecule has 0 bridgehead atoms. The van der Waals surface area contributed by atoms with Crippen LogP contribution in [0.15, 0.2) is 34.1 Å². The third kappa shape index (κ3) is 2.27. The summed E-state index contributed by atoms with van der Waals surface area (Å²) in [6.07, 6.45) is 0. The first-order chi connectivity index (χ1) is 8.63. The van der Waals surface area contributed by atoms with E-state index in [4.69, 9.17) is 21.3 Å². The molecule has 2 aromatic heterocycles. The highest BCUT2D eigenvalue weighted by Crippen LogP contribution is 2.33. The second-order valence-corrected chi connectivity index (χ2v) is 4.50. The number of thiophene rings is 1. The van der Waals surface area contributed by atoms with Gasteiger partial charge in [0.25, 0.3) is 0 Å². The highest BCUT2D eigenvalue weighted by atomic mass is 35.5. The average molecular weight is 281 g/mol. The van der Waals surface area contributed by atoms with Crippen LogP contribution < -0.4 is 0 Å². The Bertz CT molecular complexity index is 652. The molecule has 0 saturated carbocycles. The predicted octanol–water partition coefficient (Wildman–Crippen LogP) is 3.88. The summed E-state index contributed by atoms with van der Waals surface area (Å²) in [6, 6.07) is 8.05. The second kappa shape index (κ2) is 5.04. The Balaban J connectivity index is 2.48. The van der Waals surface area contributed by atoms with Crippen molar-refractivity contribution < 1.29 is 9.34 Å². The van der Waals surface area contributed by atoms with Crippen molar-refractivity contribution in [3.63, 3.8) is 0 Å². The quantitative estimate of drug-likeness (QED) is 0.485. The number of furan rings is 1. The predicted molar refractivity (Wildman–Crippen MR) is 68.0 cm³/mol. The first-order valence-electron chi connectivity index (χ1n) is 4.72. The molecule has 90 valence electrons. The zero-order valence-electron chi connectivity index (χ0n) is 8.79. The molecule has 5 nitrogen and oxygen atoms in total. The largest absolute Gasteiger partial charge is 0.433 e. The minimum Gasteiger partial charge on any atom is -0.400 e. The van der Waals surface area contributed by atoms with Crippen LogP contribution in [0.25, 0.3) is 10.6 Å². The molecular weight excluding hydrogens is 276 g/mol. The molecule has 0 aliphatic heterocycles.